The van der Waals surface area contributed by atoms with Crippen LogP contribution in [0.1, 0.15) is 20.8 Å². The minimum absolute atomic E-state index is 0.606. The first kappa shape index (κ1) is 11.4. The Morgan fingerprint density at radius 3 is 2.57 bits per heavy atom. The van der Waals surface area contributed by atoms with E-state index in [1.54, 1.807) is 0 Å². The minimum Gasteiger partial charge on any atom is -0.373 e. The third-order valence-electron chi connectivity index (χ3n) is 2.23. The number of rotatable bonds is 4. The van der Waals surface area contributed by atoms with E-state index in [1.165, 1.54) is 0 Å². The number of hydrogen-bond donors (Lipinski definition) is 1. The summed E-state index contributed by atoms with van der Waals surface area (Å²) in [5, 5.41) is 4.75. The molecule has 0 fully saturated rings. The number of thioether (sulfide) groups is 1. The fraction of sp³-hybridized carbons (Fsp3) is 0.545. The van der Waals surface area contributed by atoms with Crippen LogP contribution in [0.15, 0.2) is 23.2 Å². The monoisotopic (exact) mass is 210 g/mol. The van der Waals surface area contributed by atoms with Crippen LogP contribution in [0, 0.1) is 5.92 Å². The van der Waals surface area contributed by atoms with Crippen molar-refractivity contribution in [3.05, 3.63) is 18.2 Å². The highest BCUT2D eigenvalue weighted by Crippen LogP contribution is 2.26. The van der Waals surface area contributed by atoms with E-state index in [4.69, 9.17) is 0 Å². The van der Waals surface area contributed by atoms with Gasteiger partial charge in [0.25, 0.3) is 0 Å². The predicted molar refractivity (Wildman–Crippen MR) is 63.9 cm³/mol. The molecule has 0 radical (unpaired) electrons. The van der Waals surface area contributed by atoms with E-state index in [9.17, 15) is 0 Å². The van der Waals surface area contributed by atoms with Crippen molar-refractivity contribution in [3.8, 4) is 0 Å². The van der Waals surface area contributed by atoms with Crippen molar-refractivity contribution in [2.45, 2.75) is 31.0 Å². The van der Waals surface area contributed by atoms with E-state index in [2.05, 4.69) is 37.1 Å². The molecular formula is C11H18N2S. The Balaban J connectivity index is 2.66. The summed E-state index contributed by atoms with van der Waals surface area (Å²) in [6, 6.07) is 6.07. The second-order valence-corrected chi connectivity index (χ2v) is 5.08. The smallest absolute Gasteiger partial charge is 0.126 e. The van der Waals surface area contributed by atoms with Gasteiger partial charge in [0.15, 0.2) is 0 Å². The summed E-state index contributed by atoms with van der Waals surface area (Å²) in [7, 11) is 1.89. The number of pyridine rings is 1. The standard InChI is InChI=1S/C11H18N2S/c1-8(2)9(3)14-11-7-5-6-10(12-4)13-11/h5-9H,1-4H3,(H,12,13). The van der Waals surface area contributed by atoms with Gasteiger partial charge in [0.05, 0.1) is 5.03 Å². The second kappa shape index (κ2) is 5.25. The first-order valence-electron chi connectivity index (χ1n) is 4.95. The minimum atomic E-state index is 0.606. The number of nitrogens with zero attached hydrogens (tertiary/aromatic N) is 1. The first-order valence-corrected chi connectivity index (χ1v) is 5.83. The molecule has 0 bridgehead atoms. The van der Waals surface area contributed by atoms with Gasteiger partial charge < -0.3 is 5.32 Å². The van der Waals surface area contributed by atoms with E-state index < -0.39 is 0 Å². The van der Waals surface area contributed by atoms with Crippen LogP contribution >= 0.6 is 11.8 Å². The molecule has 0 aliphatic heterocycles. The Morgan fingerprint density at radius 1 is 1.29 bits per heavy atom. The SMILES string of the molecule is CNc1cccc(SC(C)C(C)C)n1. The van der Waals surface area contributed by atoms with E-state index in [1.807, 2.05) is 30.9 Å². The van der Waals surface area contributed by atoms with Crippen molar-refractivity contribution >= 4 is 17.6 Å². The Hall–Kier alpha value is -0.700. The summed E-state index contributed by atoms with van der Waals surface area (Å²) in [4.78, 5) is 4.47. The van der Waals surface area contributed by atoms with Crippen LogP contribution in [0.25, 0.3) is 0 Å². The van der Waals surface area contributed by atoms with Gasteiger partial charge in [0.1, 0.15) is 5.82 Å². The molecule has 0 aliphatic carbocycles. The Bertz CT molecular complexity index is 286. The van der Waals surface area contributed by atoms with Crippen molar-refractivity contribution in [2.75, 3.05) is 12.4 Å². The summed E-state index contributed by atoms with van der Waals surface area (Å²) in [5.74, 6) is 1.62. The zero-order valence-corrected chi connectivity index (χ0v) is 10.1. The molecule has 0 aliphatic rings. The van der Waals surface area contributed by atoms with Gasteiger partial charge in [-0.1, -0.05) is 26.8 Å². The molecule has 1 heterocycles. The lowest BCUT2D eigenvalue weighted by molar-refractivity contribution is 0.641. The van der Waals surface area contributed by atoms with Crippen LogP contribution in [0.2, 0.25) is 0 Å². The highest BCUT2D eigenvalue weighted by atomic mass is 32.2. The van der Waals surface area contributed by atoms with Crippen molar-refractivity contribution < 1.29 is 0 Å². The Morgan fingerprint density at radius 2 is 2.00 bits per heavy atom. The lowest BCUT2D eigenvalue weighted by Crippen LogP contribution is -2.06. The molecule has 3 heteroatoms. The maximum absolute atomic E-state index is 4.47. The average molecular weight is 210 g/mol. The van der Waals surface area contributed by atoms with E-state index in [-0.39, 0.29) is 0 Å². The molecular weight excluding hydrogens is 192 g/mol. The summed E-state index contributed by atoms with van der Waals surface area (Å²) in [6.07, 6.45) is 0. The molecule has 1 aromatic heterocycles. The van der Waals surface area contributed by atoms with Crippen LogP contribution in [0.4, 0.5) is 5.82 Å². The van der Waals surface area contributed by atoms with Crippen LogP contribution in [0.5, 0.6) is 0 Å². The molecule has 1 unspecified atom stereocenters. The summed E-state index contributed by atoms with van der Waals surface area (Å²) < 4.78 is 0. The second-order valence-electron chi connectivity index (χ2n) is 3.68. The van der Waals surface area contributed by atoms with Crippen molar-refractivity contribution in [3.63, 3.8) is 0 Å². The lowest BCUT2D eigenvalue weighted by Gasteiger charge is -2.14. The molecule has 0 saturated carbocycles. The molecule has 0 amide bonds. The van der Waals surface area contributed by atoms with Gasteiger partial charge in [-0.3, -0.25) is 0 Å². The number of aromatic nitrogens is 1. The molecule has 0 aromatic carbocycles. The van der Waals surface area contributed by atoms with Crippen molar-refractivity contribution in [2.24, 2.45) is 5.92 Å². The molecule has 1 aromatic rings. The zero-order chi connectivity index (χ0) is 10.6. The van der Waals surface area contributed by atoms with Crippen molar-refractivity contribution in [1.82, 2.24) is 4.98 Å². The first-order chi connectivity index (χ1) is 6.63. The van der Waals surface area contributed by atoms with E-state index in [0.717, 1.165) is 10.8 Å². The molecule has 1 atom stereocenters. The summed E-state index contributed by atoms with van der Waals surface area (Å²) in [6.45, 7) is 6.71. The number of hydrogen-bond acceptors (Lipinski definition) is 3. The summed E-state index contributed by atoms with van der Waals surface area (Å²) >= 11 is 1.83. The highest BCUT2D eigenvalue weighted by molar-refractivity contribution is 7.99. The van der Waals surface area contributed by atoms with Gasteiger partial charge in [0, 0.05) is 12.3 Å². The number of anilines is 1. The van der Waals surface area contributed by atoms with Crippen LogP contribution < -0.4 is 5.32 Å². The molecule has 2 nitrogen and oxygen atoms in total. The van der Waals surface area contributed by atoms with Crippen LogP contribution in [0.3, 0.4) is 0 Å². The fourth-order valence-electron chi connectivity index (χ4n) is 0.946. The van der Waals surface area contributed by atoms with Crippen LogP contribution in [-0.2, 0) is 0 Å². The van der Waals surface area contributed by atoms with Crippen LogP contribution in [-0.4, -0.2) is 17.3 Å². The predicted octanol–water partition coefficient (Wildman–Crippen LogP) is 3.26. The van der Waals surface area contributed by atoms with Gasteiger partial charge in [-0.2, -0.15) is 0 Å². The fourth-order valence-corrected chi connectivity index (χ4v) is 1.91. The highest BCUT2D eigenvalue weighted by Gasteiger charge is 2.09. The maximum Gasteiger partial charge on any atom is 0.126 e. The zero-order valence-electron chi connectivity index (χ0n) is 9.24. The van der Waals surface area contributed by atoms with E-state index >= 15 is 0 Å². The van der Waals surface area contributed by atoms with Gasteiger partial charge >= 0.3 is 0 Å². The van der Waals surface area contributed by atoms with Gasteiger partial charge in [0.2, 0.25) is 0 Å². The lowest BCUT2D eigenvalue weighted by atomic mass is 10.2. The molecule has 0 saturated heterocycles. The molecule has 78 valence electrons. The third kappa shape index (κ3) is 3.22. The Kier molecular flexibility index (Phi) is 4.26. The number of nitrogens with one attached hydrogen (secondary N) is 1. The Labute approximate surface area is 90.5 Å². The molecule has 0 spiro atoms. The maximum atomic E-state index is 4.47. The topological polar surface area (TPSA) is 24.9 Å². The molecule has 14 heavy (non-hydrogen) atoms. The quantitative estimate of drug-likeness (QED) is 0.772. The van der Waals surface area contributed by atoms with Gasteiger partial charge in [-0.05, 0) is 18.1 Å². The van der Waals surface area contributed by atoms with E-state index in [0.29, 0.717) is 11.2 Å². The summed E-state index contributed by atoms with van der Waals surface area (Å²) in [5.41, 5.74) is 0. The normalized spacial score (nSPS) is 12.9. The third-order valence-corrected chi connectivity index (χ3v) is 3.61. The largest absolute Gasteiger partial charge is 0.373 e. The van der Waals surface area contributed by atoms with Gasteiger partial charge in [-0.25, -0.2) is 4.98 Å². The average Bonchev–Trinajstić information content (AvgIpc) is 2.18. The van der Waals surface area contributed by atoms with Gasteiger partial charge in [-0.15, -0.1) is 11.8 Å². The van der Waals surface area contributed by atoms with Crippen molar-refractivity contribution in [1.29, 1.82) is 0 Å². The molecule has 1 N–H and O–H groups in total. The molecule has 1 rings (SSSR count).